The number of anilines is 1. The molecule has 1 heterocycles. The van der Waals surface area contributed by atoms with Crippen LogP contribution in [0.5, 0.6) is 0 Å². The maximum Gasteiger partial charge on any atom is 0.207 e. The molecule has 1 rings (SSSR count). The summed E-state index contributed by atoms with van der Waals surface area (Å²) < 4.78 is 0. The second kappa shape index (κ2) is 5.61. The molecule has 1 aromatic rings. The summed E-state index contributed by atoms with van der Waals surface area (Å²) in [4.78, 5) is 5.51. The lowest BCUT2D eigenvalue weighted by molar-refractivity contribution is 0.712. The highest BCUT2D eigenvalue weighted by molar-refractivity contribution is 7.16. The number of rotatable bonds is 5. The Morgan fingerprint density at radius 1 is 1.38 bits per heavy atom. The van der Waals surface area contributed by atoms with Crippen molar-refractivity contribution in [1.29, 1.82) is 0 Å². The summed E-state index contributed by atoms with van der Waals surface area (Å²) in [6.45, 7) is 13.6. The fourth-order valence-corrected chi connectivity index (χ4v) is 2.26. The third-order valence-electron chi connectivity index (χ3n) is 1.97. The van der Waals surface area contributed by atoms with Crippen LogP contribution < -0.4 is 5.01 Å². The van der Waals surface area contributed by atoms with Crippen LogP contribution in [0.4, 0.5) is 5.13 Å². The second-order valence-electron chi connectivity index (χ2n) is 3.47. The van der Waals surface area contributed by atoms with Crippen molar-refractivity contribution in [2.24, 2.45) is 5.10 Å². The smallest absolute Gasteiger partial charge is 0.207 e. The summed E-state index contributed by atoms with van der Waals surface area (Å²) in [5.74, 6) is 0. The van der Waals surface area contributed by atoms with E-state index in [0.29, 0.717) is 0 Å². The second-order valence-corrected chi connectivity index (χ2v) is 4.48. The van der Waals surface area contributed by atoms with Crippen LogP contribution in [0.3, 0.4) is 0 Å². The quantitative estimate of drug-likeness (QED) is 0.575. The molecule has 0 spiro atoms. The predicted molar refractivity (Wildman–Crippen MR) is 74.1 cm³/mol. The van der Waals surface area contributed by atoms with Crippen LogP contribution in [0.2, 0.25) is 0 Å². The van der Waals surface area contributed by atoms with E-state index in [9.17, 15) is 0 Å². The SMILES string of the molecule is C=Cc1nc(N(/N=C/C)C(C)C)sc1C=C. The van der Waals surface area contributed by atoms with Crippen LogP contribution in [-0.4, -0.2) is 17.2 Å². The zero-order valence-corrected chi connectivity index (χ0v) is 10.8. The Balaban J connectivity index is 3.14. The number of aromatic nitrogens is 1. The first-order valence-electron chi connectivity index (χ1n) is 5.17. The van der Waals surface area contributed by atoms with Gasteiger partial charge < -0.3 is 0 Å². The van der Waals surface area contributed by atoms with Crippen molar-refractivity contribution in [3.63, 3.8) is 0 Å². The molecule has 4 heteroatoms. The topological polar surface area (TPSA) is 28.5 Å². The summed E-state index contributed by atoms with van der Waals surface area (Å²) >= 11 is 1.57. The van der Waals surface area contributed by atoms with Gasteiger partial charge in [0, 0.05) is 12.3 Å². The van der Waals surface area contributed by atoms with Crippen molar-refractivity contribution in [1.82, 2.24) is 4.98 Å². The third-order valence-corrected chi connectivity index (χ3v) is 3.03. The lowest BCUT2D eigenvalue weighted by Gasteiger charge is -2.19. The molecule has 0 aliphatic rings. The Bertz CT molecular complexity index is 379. The molecule has 0 saturated heterocycles. The van der Waals surface area contributed by atoms with Crippen LogP contribution >= 0.6 is 11.3 Å². The van der Waals surface area contributed by atoms with E-state index >= 15 is 0 Å². The monoisotopic (exact) mass is 235 g/mol. The average molecular weight is 235 g/mol. The van der Waals surface area contributed by atoms with Gasteiger partial charge in [-0.05, 0) is 32.9 Å². The summed E-state index contributed by atoms with van der Waals surface area (Å²) in [5, 5.41) is 7.07. The van der Waals surface area contributed by atoms with Gasteiger partial charge in [-0.1, -0.05) is 24.5 Å². The van der Waals surface area contributed by atoms with Crippen molar-refractivity contribution in [3.05, 3.63) is 23.7 Å². The van der Waals surface area contributed by atoms with E-state index in [2.05, 4.69) is 37.1 Å². The summed E-state index contributed by atoms with van der Waals surface area (Å²) in [5.41, 5.74) is 0.868. The maximum absolute atomic E-state index is 4.48. The number of hydrazone groups is 1. The molecule has 0 aliphatic carbocycles. The van der Waals surface area contributed by atoms with E-state index < -0.39 is 0 Å². The molecule has 0 amide bonds. The molecule has 0 N–H and O–H groups in total. The van der Waals surface area contributed by atoms with Crippen LogP contribution in [0, 0.1) is 0 Å². The molecule has 1 aromatic heterocycles. The first-order chi connectivity index (χ1) is 7.63. The van der Waals surface area contributed by atoms with E-state index in [-0.39, 0.29) is 6.04 Å². The Hall–Kier alpha value is -1.42. The van der Waals surface area contributed by atoms with Gasteiger partial charge in [-0.3, -0.25) is 0 Å². The number of thiazole rings is 1. The van der Waals surface area contributed by atoms with Crippen LogP contribution in [-0.2, 0) is 0 Å². The Morgan fingerprint density at radius 2 is 2.06 bits per heavy atom. The van der Waals surface area contributed by atoms with Gasteiger partial charge in [0.2, 0.25) is 5.13 Å². The van der Waals surface area contributed by atoms with Crippen molar-refractivity contribution >= 4 is 34.8 Å². The first-order valence-corrected chi connectivity index (χ1v) is 5.99. The molecule has 0 radical (unpaired) electrons. The van der Waals surface area contributed by atoms with Crippen molar-refractivity contribution in [3.8, 4) is 0 Å². The van der Waals surface area contributed by atoms with Crippen LogP contribution in [0.15, 0.2) is 18.3 Å². The number of hydrogen-bond donors (Lipinski definition) is 0. The van der Waals surface area contributed by atoms with Crippen molar-refractivity contribution in [2.75, 3.05) is 5.01 Å². The molecule has 0 atom stereocenters. The molecule has 0 aliphatic heterocycles. The molecule has 3 nitrogen and oxygen atoms in total. The van der Waals surface area contributed by atoms with E-state index in [1.165, 1.54) is 0 Å². The van der Waals surface area contributed by atoms with E-state index in [1.54, 1.807) is 29.7 Å². The minimum atomic E-state index is 0.276. The van der Waals surface area contributed by atoms with Gasteiger partial charge in [0.25, 0.3) is 0 Å². The van der Waals surface area contributed by atoms with E-state index in [4.69, 9.17) is 0 Å². The highest BCUT2D eigenvalue weighted by atomic mass is 32.1. The molecule has 86 valence electrons. The Kier molecular flexibility index (Phi) is 4.43. The molecule has 16 heavy (non-hydrogen) atoms. The molecule has 0 aromatic carbocycles. The lowest BCUT2D eigenvalue weighted by Crippen LogP contribution is -2.24. The fraction of sp³-hybridized carbons (Fsp3) is 0.333. The van der Waals surface area contributed by atoms with Crippen LogP contribution in [0.25, 0.3) is 12.2 Å². The molecule has 0 saturated carbocycles. The maximum atomic E-state index is 4.48. The van der Waals surface area contributed by atoms with Crippen LogP contribution in [0.1, 0.15) is 31.3 Å². The number of hydrogen-bond acceptors (Lipinski definition) is 4. The third kappa shape index (κ3) is 2.58. The van der Waals surface area contributed by atoms with E-state index in [0.717, 1.165) is 15.7 Å². The van der Waals surface area contributed by atoms with Crippen molar-refractivity contribution < 1.29 is 0 Å². The molecule has 0 fully saturated rings. The van der Waals surface area contributed by atoms with Gasteiger partial charge in [-0.2, -0.15) is 5.10 Å². The lowest BCUT2D eigenvalue weighted by atomic mass is 10.3. The van der Waals surface area contributed by atoms with Crippen molar-refractivity contribution in [2.45, 2.75) is 26.8 Å². The molecule has 0 unspecified atom stereocenters. The molecular weight excluding hydrogens is 218 g/mol. The van der Waals surface area contributed by atoms with Gasteiger partial charge in [-0.25, -0.2) is 9.99 Å². The largest absolute Gasteiger partial charge is 0.237 e. The predicted octanol–water partition coefficient (Wildman–Crippen LogP) is 3.65. The zero-order chi connectivity index (χ0) is 12.1. The standard InChI is InChI=1S/C12H17N3S/c1-6-10-11(7-2)16-12(14-10)15(9(4)5)13-8-3/h6-9H,1-2H2,3-5H3/b13-8+. The first kappa shape index (κ1) is 12.6. The summed E-state index contributed by atoms with van der Waals surface area (Å²) in [7, 11) is 0. The highest BCUT2D eigenvalue weighted by Gasteiger charge is 2.15. The minimum Gasteiger partial charge on any atom is -0.237 e. The summed E-state index contributed by atoms with van der Waals surface area (Å²) in [6.07, 6.45) is 5.31. The minimum absolute atomic E-state index is 0.276. The zero-order valence-electron chi connectivity index (χ0n) is 9.97. The highest BCUT2D eigenvalue weighted by Crippen LogP contribution is 2.29. The average Bonchev–Trinajstić information content (AvgIpc) is 2.68. The summed E-state index contributed by atoms with van der Waals surface area (Å²) in [6, 6.07) is 0.276. The molecule has 0 bridgehead atoms. The normalized spacial score (nSPS) is 11.0. The van der Waals surface area contributed by atoms with Gasteiger partial charge in [0.15, 0.2) is 0 Å². The Morgan fingerprint density at radius 3 is 2.44 bits per heavy atom. The molecular formula is C12H17N3S. The van der Waals surface area contributed by atoms with Gasteiger partial charge >= 0.3 is 0 Å². The fourth-order valence-electron chi connectivity index (χ4n) is 1.25. The Labute approximate surface area is 101 Å². The number of nitrogens with zero attached hydrogens (tertiary/aromatic N) is 3. The van der Waals surface area contributed by atoms with Gasteiger partial charge in [0.05, 0.1) is 10.6 Å². The van der Waals surface area contributed by atoms with Gasteiger partial charge in [0.1, 0.15) is 0 Å². The van der Waals surface area contributed by atoms with E-state index in [1.807, 2.05) is 11.9 Å². The van der Waals surface area contributed by atoms with Gasteiger partial charge in [-0.15, -0.1) is 0 Å².